The summed E-state index contributed by atoms with van der Waals surface area (Å²) in [5, 5.41) is 18.9. The molecule has 0 saturated heterocycles. The van der Waals surface area contributed by atoms with Crippen LogP contribution in [0.2, 0.25) is 0 Å². The van der Waals surface area contributed by atoms with Crippen molar-refractivity contribution in [2.75, 3.05) is 0 Å². The molecule has 0 saturated carbocycles. The van der Waals surface area contributed by atoms with Gasteiger partial charge in [-0.3, -0.25) is 4.98 Å². The van der Waals surface area contributed by atoms with E-state index in [9.17, 15) is 4.79 Å². The zero-order valence-corrected chi connectivity index (χ0v) is 10.6. The molecule has 6 heteroatoms. The molecule has 1 aromatic carbocycles. The van der Waals surface area contributed by atoms with Crippen molar-refractivity contribution >= 4 is 16.9 Å². The largest absolute Gasteiger partial charge is 0.478 e. The van der Waals surface area contributed by atoms with Crippen LogP contribution in [0.3, 0.4) is 0 Å². The SMILES string of the molecule is N#Cc1oc2ccccc2c1Oc1cnccc1C(=O)O. The van der Waals surface area contributed by atoms with E-state index in [-0.39, 0.29) is 22.8 Å². The number of carboxylic acid groups (broad SMARTS) is 1. The molecular weight excluding hydrogens is 272 g/mol. The summed E-state index contributed by atoms with van der Waals surface area (Å²) < 4.78 is 11.0. The van der Waals surface area contributed by atoms with E-state index < -0.39 is 5.97 Å². The van der Waals surface area contributed by atoms with Crippen molar-refractivity contribution in [1.29, 1.82) is 5.26 Å². The number of ether oxygens (including phenoxy) is 1. The molecule has 0 amide bonds. The maximum Gasteiger partial charge on any atom is 0.339 e. The molecule has 21 heavy (non-hydrogen) atoms. The third-order valence-corrected chi connectivity index (χ3v) is 2.88. The molecule has 0 aliphatic heterocycles. The highest BCUT2D eigenvalue weighted by Gasteiger charge is 2.19. The minimum absolute atomic E-state index is 0.0172. The molecule has 3 rings (SSSR count). The lowest BCUT2D eigenvalue weighted by Crippen LogP contribution is -2.00. The second-order valence-corrected chi connectivity index (χ2v) is 4.15. The number of carboxylic acids is 1. The van der Waals surface area contributed by atoms with Crippen LogP contribution >= 0.6 is 0 Å². The summed E-state index contributed by atoms with van der Waals surface area (Å²) in [6, 6.07) is 10.2. The predicted molar refractivity (Wildman–Crippen MR) is 72.2 cm³/mol. The Morgan fingerprint density at radius 2 is 2.14 bits per heavy atom. The van der Waals surface area contributed by atoms with Gasteiger partial charge in [0.1, 0.15) is 17.2 Å². The van der Waals surface area contributed by atoms with Crippen molar-refractivity contribution in [3.05, 3.63) is 54.0 Å². The molecule has 2 heterocycles. The summed E-state index contributed by atoms with van der Waals surface area (Å²) in [6.07, 6.45) is 2.64. The van der Waals surface area contributed by atoms with Crippen LogP contribution < -0.4 is 4.74 Å². The van der Waals surface area contributed by atoms with Gasteiger partial charge in [-0.1, -0.05) is 12.1 Å². The van der Waals surface area contributed by atoms with Gasteiger partial charge in [-0.2, -0.15) is 5.26 Å². The number of hydrogen-bond acceptors (Lipinski definition) is 5. The molecule has 0 atom stereocenters. The molecule has 0 spiro atoms. The summed E-state index contributed by atoms with van der Waals surface area (Å²) >= 11 is 0. The smallest absolute Gasteiger partial charge is 0.339 e. The molecule has 0 unspecified atom stereocenters. The molecule has 102 valence electrons. The van der Waals surface area contributed by atoms with Crippen molar-refractivity contribution < 1.29 is 19.1 Å². The minimum Gasteiger partial charge on any atom is -0.478 e. The van der Waals surface area contributed by atoms with Crippen LogP contribution in [0.4, 0.5) is 0 Å². The maximum absolute atomic E-state index is 11.2. The molecule has 0 aliphatic carbocycles. The minimum atomic E-state index is -1.14. The van der Waals surface area contributed by atoms with Gasteiger partial charge in [0.2, 0.25) is 5.76 Å². The fourth-order valence-corrected chi connectivity index (χ4v) is 1.94. The topological polar surface area (TPSA) is 96.4 Å². The van der Waals surface area contributed by atoms with Crippen LogP contribution in [0.15, 0.2) is 47.1 Å². The van der Waals surface area contributed by atoms with Crippen molar-refractivity contribution in [3.63, 3.8) is 0 Å². The number of nitriles is 1. The highest BCUT2D eigenvalue weighted by Crippen LogP contribution is 2.36. The Morgan fingerprint density at radius 1 is 1.33 bits per heavy atom. The van der Waals surface area contributed by atoms with E-state index >= 15 is 0 Å². The van der Waals surface area contributed by atoms with E-state index in [4.69, 9.17) is 19.5 Å². The Morgan fingerprint density at radius 3 is 2.90 bits per heavy atom. The normalized spacial score (nSPS) is 10.2. The lowest BCUT2D eigenvalue weighted by atomic mass is 10.2. The first-order valence-corrected chi connectivity index (χ1v) is 5.97. The molecular formula is C15H8N2O4. The number of fused-ring (bicyclic) bond motifs is 1. The Bertz CT molecular complexity index is 877. The van der Waals surface area contributed by atoms with Crippen LogP contribution in [-0.4, -0.2) is 16.1 Å². The zero-order valence-electron chi connectivity index (χ0n) is 10.6. The molecule has 0 fully saturated rings. The van der Waals surface area contributed by atoms with Gasteiger partial charge in [-0.15, -0.1) is 0 Å². The molecule has 3 aromatic rings. The molecule has 1 N–H and O–H groups in total. The van der Waals surface area contributed by atoms with Gasteiger partial charge in [0.25, 0.3) is 0 Å². The van der Waals surface area contributed by atoms with Crippen LogP contribution in [0.1, 0.15) is 16.1 Å². The quantitative estimate of drug-likeness (QED) is 0.791. The van der Waals surface area contributed by atoms with E-state index in [0.29, 0.717) is 11.0 Å². The number of benzene rings is 1. The number of aromatic nitrogens is 1. The number of carbonyl (C=O) groups is 1. The number of pyridine rings is 1. The summed E-state index contributed by atoms with van der Waals surface area (Å²) in [7, 11) is 0. The monoisotopic (exact) mass is 280 g/mol. The third-order valence-electron chi connectivity index (χ3n) is 2.88. The lowest BCUT2D eigenvalue weighted by molar-refractivity contribution is 0.0694. The fraction of sp³-hybridized carbons (Fsp3) is 0. The average Bonchev–Trinajstić information content (AvgIpc) is 2.86. The first kappa shape index (κ1) is 12.7. The molecule has 0 aliphatic rings. The predicted octanol–water partition coefficient (Wildman–Crippen LogP) is 3.19. The van der Waals surface area contributed by atoms with Gasteiger partial charge < -0.3 is 14.3 Å². The second-order valence-electron chi connectivity index (χ2n) is 4.15. The van der Waals surface area contributed by atoms with E-state index in [1.165, 1.54) is 18.5 Å². The molecule has 6 nitrogen and oxygen atoms in total. The van der Waals surface area contributed by atoms with Crippen molar-refractivity contribution in [2.24, 2.45) is 0 Å². The summed E-state index contributed by atoms with van der Waals surface area (Å²) in [6.45, 7) is 0. The van der Waals surface area contributed by atoms with Gasteiger partial charge >= 0.3 is 5.97 Å². The first-order valence-electron chi connectivity index (χ1n) is 5.97. The van der Waals surface area contributed by atoms with Crippen molar-refractivity contribution in [3.8, 4) is 17.6 Å². The molecule has 0 radical (unpaired) electrons. The van der Waals surface area contributed by atoms with Crippen LogP contribution in [0, 0.1) is 11.3 Å². The van der Waals surface area contributed by atoms with E-state index in [1.807, 2.05) is 6.07 Å². The lowest BCUT2D eigenvalue weighted by Gasteiger charge is -2.06. The molecule has 2 aromatic heterocycles. The fourth-order valence-electron chi connectivity index (χ4n) is 1.94. The Kier molecular flexibility index (Phi) is 3.01. The Labute approximate surface area is 118 Å². The van der Waals surface area contributed by atoms with Gasteiger partial charge in [0.15, 0.2) is 11.5 Å². The van der Waals surface area contributed by atoms with Gasteiger partial charge in [-0.05, 0) is 18.2 Å². The number of furan rings is 1. The van der Waals surface area contributed by atoms with Crippen molar-refractivity contribution in [2.45, 2.75) is 0 Å². The molecule has 0 bridgehead atoms. The van der Waals surface area contributed by atoms with Gasteiger partial charge in [0.05, 0.1) is 11.6 Å². The standard InChI is InChI=1S/C15H8N2O4/c16-7-12-14(9-3-1-2-4-11(9)20-12)21-13-8-17-6-5-10(13)15(18)19/h1-6,8H,(H,18,19). The van der Waals surface area contributed by atoms with Crippen molar-refractivity contribution in [1.82, 2.24) is 4.98 Å². The Hall–Kier alpha value is -3.33. The van der Waals surface area contributed by atoms with E-state index in [1.54, 1.807) is 24.3 Å². The number of nitrogens with zero attached hydrogens (tertiary/aromatic N) is 2. The zero-order chi connectivity index (χ0) is 14.8. The highest BCUT2D eigenvalue weighted by molar-refractivity contribution is 5.91. The van der Waals surface area contributed by atoms with Crippen LogP contribution in [0.25, 0.3) is 11.0 Å². The number of aromatic carboxylic acids is 1. The third kappa shape index (κ3) is 2.17. The summed E-state index contributed by atoms with van der Waals surface area (Å²) in [4.78, 5) is 15.0. The second kappa shape index (κ2) is 4.98. The van der Waals surface area contributed by atoms with Crippen LogP contribution in [0.5, 0.6) is 11.5 Å². The van der Waals surface area contributed by atoms with E-state index in [0.717, 1.165) is 0 Å². The highest BCUT2D eigenvalue weighted by atomic mass is 16.5. The average molecular weight is 280 g/mol. The summed E-state index contributed by atoms with van der Waals surface area (Å²) in [5.74, 6) is -0.924. The number of rotatable bonds is 3. The first-order chi connectivity index (χ1) is 10.2. The van der Waals surface area contributed by atoms with Gasteiger partial charge in [-0.25, -0.2) is 4.79 Å². The maximum atomic E-state index is 11.2. The Balaban J connectivity index is 2.15. The van der Waals surface area contributed by atoms with E-state index in [2.05, 4.69) is 4.98 Å². The van der Waals surface area contributed by atoms with Gasteiger partial charge in [0, 0.05) is 6.20 Å². The number of hydrogen-bond donors (Lipinski definition) is 1. The summed E-state index contributed by atoms with van der Waals surface area (Å²) in [5.41, 5.74) is 0.448. The van der Waals surface area contributed by atoms with Crippen LogP contribution in [-0.2, 0) is 0 Å². The number of para-hydroxylation sites is 1.